The predicted octanol–water partition coefficient (Wildman–Crippen LogP) is 6.09. The van der Waals surface area contributed by atoms with Crippen molar-refractivity contribution < 1.29 is 0 Å². The van der Waals surface area contributed by atoms with Gasteiger partial charge in [0.2, 0.25) is 0 Å². The molecule has 0 amide bonds. The SMILES string of the molecule is [B]C1(C)Cc2c(cc3c(c2CSC)CC(C)=CC(C)(C)C3)CC(C)C1. The van der Waals surface area contributed by atoms with E-state index in [2.05, 4.69) is 53.0 Å². The third kappa shape index (κ3) is 4.21. The van der Waals surface area contributed by atoms with Crippen LogP contribution >= 0.6 is 11.8 Å². The molecular formula is C23H33BS. The molecule has 2 radical (unpaired) electrons. The van der Waals surface area contributed by atoms with Gasteiger partial charge in [-0.1, -0.05) is 57.1 Å². The molecule has 0 saturated heterocycles. The fourth-order valence-corrected chi connectivity index (χ4v) is 5.95. The van der Waals surface area contributed by atoms with E-state index in [1.165, 1.54) is 12.0 Å². The Kier molecular flexibility index (Phi) is 5.24. The van der Waals surface area contributed by atoms with Gasteiger partial charge in [0.1, 0.15) is 0 Å². The van der Waals surface area contributed by atoms with Crippen molar-refractivity contribution in [2.24, 2.45) is 11.3 Å². The average molecular weight is 352 g/mol. The van der Waals surface area contributed by atoms with Crippen molar-refractivity contribution in [3.63, 3.8) is 0 Å². The van der Waals surface area contributed by atoms with Gasteiger partial charge in [0, 0.05) is 5.75 Å². The van der Waals surface area contributed by atoms with Gasteiger partial charge in [0.25, 0.3) is 0 Å². The molecule has 0 aliphatic heterocycles. The highest BCUT2D eigenvalue weighted by Gasteiger charge is 2.31. The van der Waals surface area contributed by atoms with Gasteiger partial charge in [-0.05, 0) is 78.0 Å². The van der Waals surface area contributed by atoms with Gasteiger partial charge < -0.3 is 0 Å². The van der Waals surface area contributed by atoms with Crippen molar-refractivity contribution in [1.82, 2.24) is 0 Å². The van der Waals surface area contributed by atoms with Gasteiger partial charge in [0.05, 0.1) is 7.85 Å². The molecule has 1 aromatic rings. The summed E-state index contributed by atoms with van der Waals surface area (Å²) in [6.07, 6.45) is 10.3. The van der Waals surface area contributed by atoms with Crippen LogP contribution in [0.15, 0.2) is 17.7 Å². The molecule has 0 heterocycles. The fraction of sp³-hybridized carbons (Fsp3) is 0.652. The van der Waals surface area contributed by atoms with Gasteiger partial charge in [-0.15, -0.1) is 0 Å². The Hall–Kier alpha value is -0.625. The minimum atomic E-state index is -0.0824. The highest BCUT2D eigenvalue weighted by Crippen LogP contribution is 2.44. The maximum absolute atomic E-state index is 6.71. The Balaban J connectivity index is 2.20. The molecule has 0 spiro atoms. The molecule has 3 rings (SSSR count). The minimum Gasteiger partial charge on any atom is -0.161 e. The van der Waals surface area contributed by atoms with Crippen LogP contribution in [0.3, 0.4) is 0 Å². The minimum absolute atomic E-state index is 0.0824. The average Bonchev–Trinajstić information content (AvgIpc) is 2.62. The molecule has 134 valence electrons. The fourth-order valence-electron chi connectivity index (χ4n) is 5.31. The first-order chi connectivity index (χ1) is 11.6. The molecular weight excluding hydrogens is 319 g/mol. The molecule has 0 N–H and O–H groups in total. The van der Waals surface area contributed by atoms with E-state index in [9.17, 15) is 0 Å². The van der Waals surface area contributed by atoms with Gasteiger partial charge >= 0.3 is 0 Å². The molecule has 2 aliphatic carbocycles. The van der Waals surface area contributed by atoms with Crippen LogP contribution in [0.5, 0.6) is 0 Å². The van der Waals surface area contributed by atoms with E-state index in [0.29, 0.717) is 5.92 Å². The standard InChI is InChI=1S/C23H33BS/c1-15-7-17-9-18-12-22(3,4)10-16(2)8-19(18)21(14-25-6)20(17)13-23(5,24)11-15/h9-10,15H,7-8,11-14H2,1-6H3. The van der Waals surface area contributed by atoms with E-state index in [1.807, 2.05) is 11.8 Å². The van der Waals surface area contributed by atoms with Crippen molar-refractivity contribution >= 4 is 19.6 Å². The summed E-state index contributed by atoms with van der Waals surface area (Å²) in [6.45, 7) is 11.7. The maximum Gasteiger partial charge on any atom is 0.0747 e. The van der Waals surface area contributed by atoms with Crippen LogP contribution in [0.2, 0.25) is 5.31 Å². The number of fused-ring (bicyclic) bond motifs is 2. The normalized spacial score (nSPS) is 28.4. The molecule has 0 fully saturated rings. The zero-order chi connectivity index (χ0) is 18.4. The molecule has 25 heavy (non-hydrogen) atoms. The number of rotatable bonds is 2. The molecule has 2 aliphatic rings. The monoisotopic (exact) mass is 352 g/mol. The van der Waals surface area contributed by atoms with Crippen LogP contribution in [0.1, 0.15) is 68.9 Å². The van der Waals surface area contributed by atoms with E-state index in [0.717, 1.165) is 31.4 Å². The van der Waals surface area contributed by atoms with Crippen LogP contribution in [-0.2, 0) is 31.4 Å². The zero-order valence-electron chi connectivity index (χ0n) is 17.0. The third-order valence-electron chi connectivity index (χ3n) is 5.84. The van der Waals surface area contributed by atoms with Crippen LogP contribution in [0, 0.1) is 11.3 Å². The summed E-state index contributed by atoms with van der Waals surface area (Å²) in [5, 5.41) is -0.0824. The van der Waals surface area contributed by atoms with E-state index < -0.39 is 0 Å². The summed E-state index contributed by atoms with van der Waals surface area (Å²) in [7, 11) is 6.71. The smallest absolute Gasteiger partial charge is 0.0747 e. The molecule has 0 aromatic heterocycles. The predicted molar refractivity (Wildman–Crippen MR) is 114 cm³/mol. The van der Waals surface area contributed by atoms with Crippen molar-refractivity contribution in [2.45, 2.75) is 77.8 Å². The third-order valence-corrected chi connectivity index (χ3v) is 6.42. The molecule has 1 aromatic carbocycles. The van der Waals surface area contributed by atoms with Crippen LogP contribution in [0.25, 0.3) is 0 Å². The molecule has 0 nitrogen and oxygen atoms in total. The number of allylic oxidation sites excluding steroid dienone is 2. The van der Waals surface area contributed by atoms with Crippen molar-refractivity contribution in [3.05, 3.63) is 45.5 Å². The van der Waals surface area contributed by atoms with Gasteiger partial charge in [-0.25, -0.2) is 0 Å². The van der Waals surface area contributed by atoms with E-state index in [4.69, 9.17) is 7.85 Å². The molecule has 2 atom stereocenters. The van der Waals surface area contributed by atoms with Crippen LogP contribution in [0.4, 0.5) is 0 Å². The summed E-state index contributed by atoms with van der Waals surface area (Å²) in [5.41, 5.74) is 9.74. The molecule has 2 unspecified atom stereocenters. The first kappa shape index (κ1) is 19.1. The Morgan fingerprint density at radius 3 is 2.56 bits per heavy atom. The lowest BCUT2D eigenvalue weighted by molar-refractivity contribution is 0.446. The van der Waals surface area contributed by atoms with Crippen molar-refractivity contribution in [3.8, 4) is 0 Å². The maximum atomic E-state index is 6.71. The zero-order valence-corrected chi connectivity index (χ0v) is 17.8. The second kappa shape index (κ2) is 6.84. The first-order valence-corrected chi connectivity index (χ1v) is 11.1. The lowest BCUT2D eigenvalue weighted by atomic mass is 9.63. The summed E-state index contributed by atoms with van der Waals surface area (Å²) >= 11 is 1.96. The lowest BCUT2D eigenvalue weighted by Crippen LogP contribution is -2.16. The summed E-state index contributed by atoms with van der Waals surface area (Å²) in [6, 6.07) is 2.56. The van der Waals surface area contributed by atoms with Gasteiger partial charge in [0.15, 0.2) is 0 Å². The number of thioether (sulfide) groups is 1. The Bertz CT molecular complexity index is 697. The lowest BCUT2D eigenvalue weighted by Gasteiger charge is -2.28. The van der Waals surface area contributed by atoms with Gasteiger partial charge in [-0.2, -0.15) is 11.8 Å². The summed E-state index contributed by atoms with van der Waals surface area (Å²) in [4.78, 5) is 0. The Labute approximate surface area is 160 Å². The summed E-state index contributed by atoms with van der Waals surface area (Å²) < 4.78 is 0. The Morgan fingerprint density at radius 1 is 1.16 bits per heavy atom. The van der Waals surface area contributed by atoms with Crippen molar-refractivity contribution in [1.29, 1.82) is 0 Å². The molecule has 2 heteroatoms. The van der Waals surface area contributed by atoms with Gasteiger partial charge in [-0.3, -0.25) is 0 Å². The van der Waals surface area contributed by atoms with E-state index in [-0.39, 0.29) is 10.7 Å². The number of benzene rings is 1. The topological polar surface area (TPSA) is 0 Å². The largest absolute Gasteiger partial charge is 0.161 e. The van der Waals surface area contributed by atoms with E-state index >= 15 is 0 Å². The second-order valence-corrected chi connectivity index (χ2v) is 10.6. The number of hydrogen-bond acceptors (Lipinski definition) is 1. The van der Waals surface area contributed by atoms with Crippen molar-refractivity contribution in [2.75, 3.05) is 6.26 Å². The van der Waals surface area contributed by atoms with Crippen LogP contribution in [-0.4, -0.2) is 14.1 Å². The summed E-state index contributed by atoms with van der Waals surface area (Å²) in [5.74, 6) is 1.78. The quantitative estimate of drug-likeness (QED) is 0.352. The molecule has 0 bridgehead atoms. The van der Waals surface area contributed by atoms with Crippen LogP contribution < -0.4 is 0 Å². The molecule has 0 saturated carbocycles. The number of hydrogen-bond donors (Lipinski definition) is 0. The first-order valence-electron chi connectivity index (χ1n) is 9.72. The Morgan fingerprint density at radius 2 is 1.88 bits per heavy atom. The van der Waals surface area contributed by atoms with E-state index in [1.54, 1.807) is 27.8 Å². The highest BCUT2D eigenvalue weighted by atomic mass is 32.2. The second-order valence-electron chi connectivity index (χ2n) is 9.74. The highest BCUT2D eigenvalue weighted by molar-refractivity contribution is 7.97.